The van der Waals surface area contributed by atoms with Crippen LogP contribution in [0.25, 0.3) is 89.7 Å². The molecule has 186 valence electrons. The topological polar surface area (TPSA) is 106 Å². The van der Waals surface area contributed by atoms with Crippen molar-refractivity contribution in [2.24, 2.45) is 0 Å². The minimum atomic E-state index is 0. The van der Waals surface area contributed by atoms with E-state index in [4.69, 9.17) is 39.9 Å². The monoisotopic (exact) mass is 536 g/mol. The molecule has 9 heteroatoms. The fraction of sp³-hybridized carbons (Fsp3) is 0. The summed E-state index contributed by atoms with van der Waals surface area (Å²) in [4.78, 5) is 39.3. The molecule has 0 N–H and O–H groups in total. The van der Waals surface area contributed by atoms with Gasteiger partial charge in [-0.3, -0.25) is 0 Å². The second-order valence-electron chi connectivity index (χ2n) is 9.67. The molecule has 0 amide bonds. The number of fused-ring (bicyclic) bond motifs is 20. The first-order valence-corrected chi connectivity index (χ1v) is 12.9. The van der Waals surface area contributed by atoms with Crippen LogP contribution in [0.5, 0.6) is 0 Å². The number of hydrogen-bond acceptors (Lipinski definition) is 6. The summed E-state index contributed by atoms with van der Waals surface area (Å²) in [5.74, 6) is 2.21. The first-order chi connectivity index (χ1) is 19.8. The summed E-state index contributed by atoms with van der Waals surface area (Å²) in [7, 11) is 0. The standard InChI is InChI=1S/C32H16N8.Mg/c1-2-10-18-17(9-1)25-33-26(18)38-28-21-13-5-6-14-22(21)30(35-28)40-32-24-16-8-7-15-23(24)31(36-32)39-29-20-12-4-3-11-19(20)27(34-29)37-25;/h1-16H;/q-2;+2. The zero-order valence-electron chi connectivity index (χ0n) is 21.5. The van der Waals surface area contributed by atoms with Crippen LogP contribution in [0.4, 0.5) is 0 Å². The summed E-state index contributed by atoms with van der Waals surface area (Å²) >= 11 is 0. The summed E-state index contributed by atoms with van der Waals surface area (Å²) in [5, 5.41) is 3.57. The van der Waals surface area contributed by atoms with Gasteiger partial charge in [-0.1, -0.05) is 97.1 Å². The van der Waals surface area contributed by atoms with Crippen LogP contribution in [0.3, 0.4) is 0 Å². The van der Waals surface area contributed by atoms with Crippen LogP contribution in [-0.4, -0.2) is 53.0 Å². The third-order valence-corrected chi connectivity index (χ3v) is 7.33. The number of nitrogens with zero attached hydrogens (tertiary/aromatic N) is 8. The molecule has 41 heavy (non-hydrogen) atoms. The van der Waals surface area contributed by atoms with Gasteiger partial charge in [0.25, 0.3) is 0 Å². The molecule has 4 aromatic carbocycles. The Labute approximate surface area is 248 Å². The maximum Gasteiger partial charge on any atom is 2.00 e. The third kappa shape index (κ3) is 3.59. The van der Waals surface area contributed by atoms with E-state index in [0.29, 0.717) is 45.9 Å². The van der Waals surface area contributed by atoms with E-state index < -0.39 is 0 Å². The largest absolute Gasteiger partial charge is 2.00 e. The van der Waals surface area contributed by atoms with Crippen LogP contribution in [-0.2, 0) is 0 Å². The van der Waals surface area contributed by atoms with Gasteiger partial charge in [0.05, 0.1) is 23.3 Å². The molecule has 0 saturated heterocycles. The van der Waals surface area contributed by atoms with Crippen LogP contribution >= 0.6 is 0 Å². The van der Waals surface area contributed by atoms with Crippen molar-refractivity contribution < 1.29 is 0 Å². The molecular formula is C32H16MgN8. The van der Waals surface area contributed by atoms with E-state index in [2.05, 4.69) is 0 Å². The normalized spacial score (nSPS) is 11.7. The van der Waals surface area contributed by atoms with Crippen molar-refractivity contribution in [3.8, 4) is 45.6 Å². The molecule has 7 aromatic rings. The van der Waals surface area contributed by atoms with E-state index in [1.165, 1.54) is 0 Å². The molecule has 0 radical (unpaired) electrons. The third-order valence-electron chi connectivity index (χ3n) is 7.33. The van der Waals surface area contributed by atoms with E-state index in [1.807, 2.05) is 97.1 Å². The fourth-order valence-electron chi connectivity index (χ4n) is 5.46. The predicted octanol–water partition coefficient (Wildman–Crippen LogP) is 5.75. The second-order valence-corrected chi connectivity index (χ2v) is 9.67. The van der Waals surface area contributed by atoms with Crippen LogP contribution < -0.4 is 9.97 Å². The van der Waals surface area contributed by atoms with Crippen molar-refractivity contribution in [3.63, 3.8) is 0 Å². The van der Waals surface area contributed by atoms with Crippen LogP contribution in [0.2, 0.25) is 0 Å². The zero-order chi connectivity index (χ0) is 26.2. The van der Waals surface area contributed by atoms with E-state index in [9.17, 15) is 0 Å². The SMILES string of the molecule is [Mg+2].c1ccc2c(c1)-c1nc-2nc2[n-]c(nc3nc(nc4[n-]c(n1)c1ccccc41)-c1ccccc1-3)c1ccccc21. The van der Waals surface area contributed by atoms with E-state index in [0.717, 1.165) is 43.8 Å². The average Bonchev–Trinajstić information content (AvgIpc) is 3.73. The maximum absolute atomic E-state index is 4.95. The molecule has 3 aromatic heterocycles. The van der Waals surface area contributed by atoms with Gasteiger partial charge in [0, 0.05) is 44.8 Å². The molecule has 2 aliphatic heterocycles. The fourth-order valence-corrected chi connectivity index (χ4v) is 5.46. The number of rotatable bonds is 0. The van der Waals surface area contributed by atoms with Crippen molar-refractivity contribution in [3.05, 3.63) is 97.1 Å². The maximum atomic E-state index is 4.95. The second kappa shape index (κ2) is 9.02. The van der Waals surface area contributed by atoms with E-state index in [1.54, 1.807) is 0 Å². The van der Waals surface area contributed by atoms with Gasteiger partial charge in [-0.15, -0.1) is 0 Å². The van der Waals surface area contributed by atoms with E-state index in [-0.39, 0.29) is 23.1 Å². The van der Waals surface area contributed by atoms with Gasteiger partial charge in [-0.25, -0.2) is 9.97 Å². The van der Waals surface area contributed by atoms with Crippen LogP contribution in [0, 0.1) is 0 Å². The quantitative estimate of drug-likeness (QED) is 0.226. The Kier molecular flexibility index (Phi) is 5.25. The van der Waals surface area contributed by atoms with Gasteiger partial charge in [0.2, 0.25) is 0 Å². The number of aromatic nitrogens is 8. The van der Waals surface area contributed by atoms with Crippen LogP contribution in [0.15, 0.2) is 97.1 Å². The molecule has 0 atom stereocenters. The number of benzene rings is 4. The number of hydrogen-bond donors (Lipinski definition) is 0. The Morgan fingerprint density at radius 1 is 0.317 bits per heavy atom. The van der Waals surface area contributed by atoms with E-state index >= 15 is 0 Å². The van der Waals surface area contributed by atoms with Gasteiger partial charge >= 0.3 is 23.1 Å². The summed E-state index contributed by atoms with van der Waals surface area (Å²) in [6.07, 6.45) is 0. The van der Waals surface area contributed by atoms with Crippen molar-refractivity contribution in [1.82, 2.24) is 39.9 Å². The van der Waals surface area contributed by atoms with Gasteiger partial charge in [0.15, 0.2) is 0 Å². The minimum Gasteiger partial charge on any atom is -0.357 e. The van der Waals surface area contributed by atoms with Gasteiger partial charge in [0.1, 0.15) is 0 Å². The summed E-state index contributed by atoms with van der Waals surface area (Å²) < 4.78 is 0. The first kappa shape index (κ1) is 23.9. The molecule has 0 spiro atoms. The van der Waals surface area contributed by atoms with Crippen molar-refractivity contribution in [2.45, 2.75) is 0 Å². The molecule has 0 unspecified atom stereocenters. The molecule has 2 aliphatic rings. The summed E-state index contributed by atoms with van der Waals surface area (Å²) in [6.45, 7) is 0. The average molecular weight is 537 g/mol. The minimum absolute atomic E-state index is 0. The summed E-state index contributed by atoms with van der Waals surface area (Å²) in [5.41, 5.74) is 5.78. The molecule has 8 bridgehead atoms. The zero-order valence-corrected chi connectivity index (χ0v) is 22.9. The molecule has 9 rings (SSSR count). The Morgan fingerprint density at radius 3 is 0.829 bits per heavy atom. The van der Waals surface area contributed by atoms with Crippen molar-refractivity contribution >= 4 is 67.2 Å². The summed E-state index contributed by atoms with van der Waals surface area (Å²) in [6, 6.07) is 31.8. The Hall–Kier alpha value is -4.99. The smallest absolute Gasteiger partial charge is 0.357 e. The first-order valence-electron chi connectivity index (χ1n) is 12.9. The Bertz CT molecular complexity index is 2030. The van der Waals surface area contributed by atoms with Crippen LogP contribution in [0.1, 0.15) is 0 Å². The van der Waals surface area contributed by atoms with Crippen molar-refractivity contribution in [2.75, 3.05) is 0 Å². The molecular weight excluding hydrogens is 521 g/mol. The van der Waals surface area contributed by atoms with Gasteiger partial charge < -0.3 is 29.9 Å². The Morgan fingerprint density at radius 2 is 0.561 bits per heavy atom. The molecule has 0 saturated carbocycles. The molecule has 8 nitrogen and oxygen atoms in total. The van der Waals surface area contributed by atoms with Gasteiger partial charge in [-0.2, -0.15) is 0 Å². The van der Waals surface area contributed by atoms with Gasteiger partial charge in [-0.05, 0) is 21.5 Å². The predicted molar refractivity (Wildman–Crippen MR) is 160 cm³/mol. The molecule has 0 fully saturated rings. The molecule has 5 heterocycles. The molecule has 0 aliphatic carbocycles. The Balaban J connectivity index is 0.00000256. The van der Waals surface area contributed by atoms with Crippen molar-refractivity contribution in [1.29, 1.82) is 0 Å².